The van der Waals surface area contributed by atoms with E-state index in [0.717, 1.165) is 0 Å². The van der Waals surface area contributed by atoms with Crippen molar-refractivity contribution in [1.82, 2.24) is 4.90 Å². The Hall–Kier alpha value is -0.610. The fourth-order valence-electron chi connectivity index (χ4n) is 0.891. The number of nitrogens with two attached hydrogens (primary N) is 1. The Labute approximate surface area is 87.4 Å². The van der Waals surface area contributed by atoms with Gasteiger partial charge in [0.05, 0.1) is 13.2 Å². The molecule has 0 bridgehead atoms. The van der Waals surface area contributed by atoms with E-state index in [4.69, 9.17) is 5.73 Å². The molecule has 0 heterocycles. The zero-order valence-corrected chi connectivity index (χ0v) is 9.88. The Bertz CT molecular complexity index is 120. The number of hydrogen-bond acceptors (Lipinski definition) is 4. The molecular weight excluding hydrogens is 180 g/mol. The van der Waals surface area contributed by atoms with E-state index in [2.05, 4.69) is 30.4 Å². The summed E-state index contributed by atoms with van der Waals surface area (Å²) in [5.74, 6) is -0.345. The average molecular weight is 204 g/mol. The van der Waals surface area contributed by atoms with Crippen LogP contribution in [0.2, 0.25) is 0 Å². The molecule has 0 aliphatic rings. The van der Waals surface area contributed by atoms with Gasteiger partial charge in [-0.25, -0.2) is 0 Å². The van der Waals surface area contributed by atoms with E-state index in [-0.39, 0.29) is 12.5 Å². The summed E-state index contributed by atoms with van der Waals surface area (Å²) in [5.41, 5.74) is 4.88. The molecule has 0 amide bonds. The molecule has 0 fully saturated rings. The van der Waals surface area contributed by atoms with Crippen molar-refractivity contribution >= 4 is 5.97 Å². The lowest BCUT2D eigenvalue weighted by Crippen LogP contribution is -2.21. The van der Waals surface area contributed by atoms with Gasteiger partial charge in [0.2, 0.25) is 0 Å². The number of ether oxygens (including phenoxy) is 1. The number of carbonyl (C=O) groups excluding carboxylic acids is 1. The van der Waals surface area contributed by atoms with Crippen molar-refractivity contribution in [3.05, 3.63) is 0 Å². The van der Waals surface area contributed by atoms with Gasteiger partial charge >= 0.3 is 5.97 Å². The molecule has 0 aromatic heterocycles. The smallest absolute Gasteiger partial charge is 0.319 e. The van der Waals surface area contributed by atoms with E-state index >= 15 is 0 Å². The second-order valence-electron chi connectivity index (χ2n) is 2.63. The maximum atomic E-state index is 10.1. The summed E-state index contributed by atoms with van der Waals surface area (Å²) >= 11 is 0. The van der Waals surface area contributed by atoms with Crippen molar-refractivity contribution in [2.75, 3.05) is 32.8 Å². The molecule has 4 heteroatoms. The molecule has 0 rings (SSSR count). The molecule has 0 unspecified atom stereocenters. The standard InChI is InChI=1S/C6H15N.C4H9NO2/c1-4-7(5-2)6-3;1-2-7-4(6)3-5/h4-6H2,1-3H3;2-3,5H2,1H3. The zero-order chi connectivity index (χ0) is 11.4. The van der Waals surface area contributed by atoms with Crippen LogP contribution in [0, 0.1) is 0 Å². The molecule has 0 spiro atoms. The van der Waals surface area contributed by atoms with Crippen LogP contribution in [0.25, 0.3) is 0 Å². The van der Waals surface area contributed by atoms with Gasteiger partial charge < -0.3 is 15.4 Å². The Kier molecular flexibility index (Phi) is 14.0. The molecule has 2 N–H and O–H groups in total. The molecule has 0 aromatic carbocycles. The van der Waals surface area contributed by atoms with Crippen LogP contribution in [0.5, 0.6) is 0 Å². The first kappa shape index (κ1) is 15.8. The highest BCUT2D eigenvalue weighted by Gasteiger charge is 1.91. The third-order valence-corrected chi connectivity index (χ3v) is 1.81. The third kappa shape index (κ3) is 11.4. The van der Waals surface area contributed by atoms with Gasteiger partial charge in [0.15, 0.2) is 0 Å². The van der Waals surface area contributed by atoms with Gasteiger partial charge in [0.1, 0.15) is 0 Å². The number of rotatable bonds is 5. The van der Waals surface area contributed by atoms with Crippen LogP contribution in [0.15, 0.2) is 0 Å². The van der Waals surface area contributed by atoms with Crippen molar-refractivity contribution in [3.63, 3.8) is 0 Å². The number of carbonyl (C=O) groups is 1. The van der Waals surface area contributed by atoms with Crippen molar-refractivity contribution in [1.29, 1.82) is 0 Å². The lowest BCUT2D eigenvalue weighted by Gasteiger charge is -2.13. The topological polar surface area (TPSA) is 55.6 Å². The Morgan fingerprint density at radius 2 is 1.57 bits per heavy atom. The van der Waals surface area contributed by atoms with Crippen LogP contribution < -0.4 is 5.73 Å². The summed E-state index contributed by atoms with van der Waals surface area (Å²) in [6.07, 6.45) is 0. The molecule has 0 atom stereocenters. The summed E-state index contributed by atoms with van der Waals surface area (Å²) in [6, 6.07) is 0. The molecule has 0 saturated heterocycles. The first-order valence-corrected chi connectivity index (χ1v) is 5.24. The minimum atomic E-state index is -0.345. The van der Waals surface area contributed by atoms with Crippen molar-refractivity contribution in [2.45, 2.75) is 27.7 Å². The maximum Gasteiger partial charge on any atom is 0.319 e. The lowest BCUT2D eigenvalue weighted by molar-refractivity contribution is -0.141. The summed E-state index contributed by atoms with van der Waals surface area (Å²) in [5, 5.41) is 0. The van der Waals surface area contributed by atoms with E-state index in [1.807, 2.05) is 0 Å². The van der Waals surface area contributed by atoms with Crippen LogP contribution in [0.1, 0.15) is 27.7 Å². The highest BCUT2D eigenvalue weighted by atomic mass is 16.5. The third-order valence-electron chi connectivity index (χ3n) is 1.81. The summed E-state index contributed by atoms with van der Waals surface area (Å²) in [6.45, 7) is 12.3. The Morgan fingerprint density at radius 3 is 1.64 bits per heavy atom. The molecule has 4 nitrogen and oxygen atoms in total. The minimum Gasteiger partial charge on any atom is -0.465 e. The average Bonchev–Trinajstić information content (AvgIpc) is 2.22. The fraction of sp³-hybridized carbons (Fsp3) is 0.900. The predicted molar refractivity (Wildman–Crippen MR) is 59.1 cm³/mol. The van der Waals surface area contributed by atoms with E-state index in [9.17, 15) is 4.79 Å². The SMILES string of the molecule is CCN(CC)CC.CCOC(=O)CN. The van der Waals surface area contributed by atoms with Crippen LogP contribution >= 0.6 is 0 Å². The van der Waals surface area contributed by atoms with Gasteiger partial charge in [0.25, 0.3) is 0 Å². The second kappa shape index (κ2) is 12.4. The first-order valence-electron chi connectivity index (χ1n) is 5.24. The molecule has 0 radical (unpaired) electrons. The van der Waals surface area contributed by atoms with Gasteiger partial charge in [-0.05, 0) is 26.6 Å². The molecular formula is C10H24N2O2. The number of nitrogens with zero attached hydrogens (tertiary/aromatic N) is 1. The largest absolute Gasteiger partial charge is 0.465 e. The summed E-state index contributed by atoms with van der Waals surface area (Å²) in [7, 11) is 0. The van der Waals surface area contributed by atoms with Crippen molar-refractivity contribution in [3.8, 4) is 0 Å². The highest BCUT2D eigenvalue weighted by molar-refractivity contribution is 5.71. The molecule has 0 aromatic rings. The maximum absolute atomic E-state index is 10.1. The first-order chi connectivity index (χ1) is 6.65. The van der Waals surface area contributed by atoms with Gasteiger partial charge in [0, 0.05) is 0 Å². The van der Waals surface area contributed by atoms with E-state index < -0.39 is 0 Å². The minimum absolute atomic E-state index is 0.0200. The van der Waals surface area contributed by atoms with Crippen molar-refractivity contribution < 1.29 is 9.53 Å². The Morgan fingerprint density at radius 1 is 1.14 bits per heavy atom. The monoisotopic (exact) mass is 204 g/mol. The fourth-order valence-corrected chi connectivity index (χ4v) is 0.891. The van der Waals surface area contributed by atoms with Gasteiger partial charge in [-0.1, -0.05) is 20.8 Å². The van der Waals surface area contributed by atoms with E-state index in [1.165, 1.54) is 19.6 Å². The van der Waals surface area contributed by atoms with Crippen LogP contribution in [0.4, 0.5) is 0 Å². The zero-order valence-electron chi connectivity index (χ0n) is 9.88. The predicted octanol–water partition coefficient (Wildman–Crippen LogP) is 0.856. The van der Waals surface area contributed by atoms with E-state index in [0.29, 0.717) is 6.61 Å². The Balaban J connectivity index is 0. The molecule has 0 saturated carbocycles. The van der Waals surface area contributed by atoms with E-state index in [1.54, 1.807) is 6.92 Å². The van der Waals surface area contributed by atoms with Gasteiger partial charge in [-0.15, -0.1) is 0 Å². The second-order valence-corrected chi connectivity index (χ2v) is 2.63. The molecule has 14 heavy (non-hydrogen) atoms. The highest BCUT2D eigenvalue weighted by Crippen LogP contribution is 1.81. The normalized spacial score (nSPS) is 9.29. The van der Waals surface area contributed by atoms with Gasteiger partial charge in [-0.2, -0.15) is 0 Å². The number of esters is 1. The molecule has 0 aliphatic heterocycles. The lowest BCUT2D eigenvalue weighted by atomic mass is 10.5. The van der Waals surface area contributed by atoms with Crippen LogP contribution in [-0.2, 0) is 9.53 Å². The molecule has 86 valence electrons. The quantitative estimate of drug-likeness (QED) is 0.675. The van der Waals surface area contributed by atoms with Crippen LogP contribution in [-0.4, -0.2) is 43.7 Å². The van der Waals surface area contributed by atoms with Crippen molar-refractivity contribution in [2.24, 2.45) is 5.73 Å². The number of hydrogen-bond donors (Lipinski definition) is 1. The summed E-state index contributed by atoms with van der Waals surface area (Å²) in [4.78, 5) is 12.4. The van der Waals surface area contributed by atoms with Crippen LogP contribution in [0.3, 0.4) is 0 Å². The van der Waals surface area contributed by atoms with Gasteiger partial charge in [-0.3, -0.25) is 4.79 Å². The summed E-state index contributed by atoms with van der Waals surface area (Å²) < 4.78 is 4.43. The molecule has 0 aliphatic carbocycles.